The lowest BCUT2D eigenvalue weighted by Gasteiger charge is -2.13. The normalized spacial score (nSPS) is 11.8. The zero-order valence-corrected chi connectivity index (χ0v) is 11.2. The molecule has 5 heteroatoms. The third-order valence-corrected chi connectivity index (χ3v) is 3.21. The Morgan fingerprint density at radius 3 is 2.94 bits per heavy atom. The molecule has 0 bridgehead atoms. The van der Waals surface area contributed by atoms with E-state index in [4.69, 9.17) is 0 Å². The van der Waals surface area contributed by atoms with E-state index in [9.17, 15) is 10.1 Å². The molecule has 2 aromatic rings. The molecule has 1 aromatic carbocycles. The van der Waals surface area contributed by atoms with Crippen molar-refractivity contribution >= 4 is 32.6 Å². The Morgan fingerprint density at radius 1 is 1.50 bits per heavy atom. The number of benzene rings is 1. The average Bonchev–Trinajstić information content (AvgIpc) is 2.35. The van der Waals surface area contributed by atoms with E-state index in [-0.39, 0.29) is 5.91 Å². The van der Waals surface area contributed by atoms with Crippen LogP contribution < -0.4 is 5.32 Å². The van der Waals surface area contributed by atoms with Crippen molar-refractivity contribution in [2.75, 3.05) is 0 Å². The van der Waals surface area contributed by atoms with Crippen LogP contribution in [0.25, 0.3) is 10.8 Å². The van der Waals surface area contributed by atoms with Crippen LogP contribution in [0.15, 0.2) is 35.1 Å². The number of rotatable bonds is 2. The summed E-state index contributed by atoms with van der Waals surface area (Å²) in [5.74, 6) is -0.245. The van der Waals surface area contributed by atoms with Gasteiger partial charge in [-0.2, -0.15) is 5.26 Å². The van der Waals surface area contributed by atoms with E-state index in [1.54, 1.807) is 12.4 Å². The Labute approximate surface area is 113 Å². The number of pyridine rings is 1. The van der Waals surface area contributed by atoms with Crippen molar-refractivity contribution in [3.8, 4) is 6.07 Å². The molecule has 90 valence electrons. The number of nitriles is 1. The topological polar surface area (TPSA) is 65.8 Å². The number of nitrogens with zero attached hydrogens (tertiary/aromatic N) is 2. The molecule has 0 aliphatic carbocycles. The third kappa shape index (κ3) is 2.34. The summed E-state index contributed by atoms with van der Waals surface area (Å²) < 4.78 is 0.878. The predicted octanol–water partition coefficient (Wildman–Crippen LogP) is 2.70. The van der Waals surface area contributed by atoms with Crippen LogP contribution in [-0.4, -0.2) is 10.9 Å². The van der Waals surface area contributed by atoms with Gasteiger partial charge in [0, 0.05) is 40.1 Å². The van der Waals surface area contributed by atoms with E-state index >= 15 is 0 Å². The SMILES string of the molecule is CC(=O)NC(C#N)c1cncc2cccc(Br)c12. The molecule has 18 heavy (non-hydrogen) atoms. The van der Waals surface area contributed by atoms with Gasteiger partial charge in [-0.05, 0) is 6.07 Å². The first-order valence-electron chi connectivity index (χ1n) is 5.32. The van der Waals surface area contributed by atoms with Gasteiger partial charge in [-0.3, -0.25) is 9.78 Å². The smallest absolute Gasteiger partial charge is 0.218 e. The predicted molar refractivity (Wildman–Crippen MR) is 71.6 cm³/mol. The first-order chi connectivity index (χ1) is 8.63. The van der Waals surface area contributed by atoms with Crippen LogP contribution in [-0.2, 0) is 4.79 Å². The Kier molecular flexibility index (Phi) is 3.58. The lowest BCUT2D eigenvalue weighted by molar-refractivity contribution is -0.119. The molecule has 1 unspecified atom stereocenters. The molecule has 1 heterocycles. The average molecular weight is 304 g/mol. The van der Waals surface area contributed by atoms with Crippen molar-refractivity contribution in [2.45, 2.75) is 13.0 Å². The maximum atomic E-state index is 11.1. The first-order valence-corrected chi connectivity index (χ1v) is 6.11. The number of carbonyl (C=O) groups excluding carboxylic acids is 1. The number of halogens is 1. The Hall–Kier alpha value is -1.93. The quantitative estimate of drug-likeness (QED) is 0.927. The Balaban J connectivity index is 2.63. The van der Waals surface area contributed by atoms with Crippen LogP contribution in [0.3, 0.4) is 0 Å². The van der Waals surface area contributed by atoms with E-state index in [0.29, 0.717) is 5.56 Å². The van der Waals surface area contributed by atoms with Crippen molar-refractivity contribution in [3.63, 3.8) is 0 Å². The van der Waals surface area contributed by atoms with Crippen LogP contribution in [0.2, 0.25) is 0 Å². The standard InChI is InChI=1S/C13H10BrN3O/c1-8(18)17-12(5-15)10-7-16-6-9-3-2-4-11(14)13(9)10/h2-4,6-7,12H,1H3,(H,17,18). The zero-order chi connectivity index (χ0) is 13.1. The van der Waals surface area contributed by atoms with Gasteiger partial charge in [0.1, 0.15) is 6.04 Å². The van der Waals surface area contributed by atoms with E-state index in [1.165, 1.54) is 6.92 Å². The van der Waals surface area contributed by atoms with Gasteiger partial charge < -0.3 is 5.32 Å². The van der Waals surface area contributed by atoms with Gasteiger partial charge in [0.05, 0.1) is 6.07 Å². The molecule has 2 rings (SSSR count). The highest BCUT2D eigenvalue weighted by Gasteiger charge is 2.16. The van der Waals surface area contributed by atoms with E-state index in [0.717, 1.165) is 15.2 Å². The van der Waals surface area contributed by atoms with Gasteiger partial charge >= 0.3 is 0 Å². The summed E-state index contributed by atoms with van der Waals surface area (Å²) >= 11 is 3.46. The molecule has 1 atom stereocenters. The molecule has 1 aromatic heterocycles. The van der Waals surface area contributed by atoms with Crippen LogP contribution in [0.1, 0.15) is 18.5 Å². The van der Waals surface area contributed by atoms with Crippen LogP contribution in [0.5, 0.6) is 0 Å². The second-order valence-corrected chi connectivity index (χ2v) is 4.68. The fraction of sp³-hybridized carbons (Fsp3) is 0.154. The molecule has 0 saturated heterocycles. The summed E-state index contributed by atoms with van der Waals surface area (Å²) in [5, 5.41) is 13.6. The Morgan fingerprint density at radius 2 is 2.28 bits per heavy atom. The number of aromatic nitrogens is 1. The maximum Gasteiger partial charge on any atom is 0.218 e. The van der Waals surface area contributed by atoms with Gasteiger partial charge in [0.15, 0.2) is 0 Å². The van der Waals surface area contributed by atoms with Gasteiger partial charge in [-0.15, -0.1) is 0 Å². The summed E-state index contributed by atoms with van der Waals surface area (Å²) in [6, 6.07) is 7.09. The fourth-order valence-corrected chi connectivity index (χ4v) is 2.43. The van der Waals surface area contributed by atoms with E-state index in [2.05, 4.69) is 32.3 Å². The minimum Gasteiger partial charge on any atom is -0.337 e. The highest BCUT2D eigenvalue weighted by Crippen LogP contribution is 2.29. The molecule has 0 fully saturated rings. The molecule has 0 radical (unpaired) electrons. The highest BCUT2D eigenvalue weighted by atomic mass is 79.9. The highest BCUT2D eigenvalue weighted by molar-refractivity contribution is 9.10. The van der Waals surface area contributed by atoms with Crippen molar-refractivity contribution in [2.24, 2.45) is 0 Å². The van der Waals surface area contributed by atoms with Crippen molar-refractivity contribution < 1.29 is 4.79 Å². The largest absolute Gasteiger partial charge is 0.337 e. The van der Waals surface area contributed by atoms with E-state index in [1.807, 2.05) is 18.2 Å². The van der Waals surface area contributed by atoms with Gasteiger partial charge in [0.2, 0.25) is 5.91 Å². The molecule has 0 aliphatic rings. The van der Waals surface area contributed by atoms with Crippen molar-refractivity contribution in [1.29, 1.82) is 5.26 Å². The molecule has 0 spiro atoms. The number of carbonyl (C=O) groups is 1. The number of amides is 1. The minimum atomic E-state index is -0.697. The van der Waals surface area contributed by atoms with Crippen LogP contribution >= 0.6 is 15.9 Å². The van der Waals surface area contributed by atoms with Gasteiger partial charge in [-0.25, -0.2) is 0 Å². The molecular weight excluding hydrogens is 294 g/mol. The summed E-state index contributed by atoms with van der Waals surface area (Å²) in [5.41, 5.74) is 0.692. The summed E-state index contributed by atoms with van der Waals surface area (Å²) in [6.07, 6.45) is 3.34. The molecule has 4 nitrogen and oxygen atoms in total. The number of fused-ring (bicyclic) bond motifs is 1. The molecule has 1 N–H and O–H groups in total. The summed E-state index contributed by atoms with van der Waals surface area (Å²) in [4.78, 5) is 15.2. The van der Waals surface area contributed by atoms with Crippen molar-refractivity contribution in [1.82, 2.24) is 10.3 Å². The molecule has 0 aliphatic heterocycles. The lowest BCUT2D eigenvalue weighted by atomic mass is 10.0. The van der Waals surface area contributed by atoms with Crippen molar-refractivity contribution in [3.05, 3.63) is 40.6 Å². The number of nitrogens with one attached hydrogen (secondary N) is 1. The van der Waals surface area contributed by atoms with Gasteiger partial charge in [-0.1, -0.05) is 28.1 Å². The summed E-state index contributed by atoms with van der Waals surface area (Å²) in [7, 11) is 0. The fourth-order valence-electron chi connectivity index (χ4n) is 1.82. The van der Waals surface area contributed by atoms with Crippen LogP contribution in [0, 0.1) is 11.3 Å². The summed E-state index contributed by atoms with van der Waals surface area (Å²) in [6.45, 7) is 1.39. The minimum absolute atomic E-state index is 0.245. The number of hydrogen-bond donors (Lipinski definition) is 1. The maximum absolute atomic E-state index is 11.1. The second kappa shape index (κ2) is 5.15. The van der Waals surface area contributed by atoms with E-state index < -0.39 is 6.04 Å². The third-order valence-electron chi connectivity index (χ3n) is 2.55. The second-order valence-electron chi connectivity index (χ2n) is 3.83. The molecule has 1 amide bonds. The lowest BCUT2D eigenvalue weighted by Crippen LogP contribution is -2.25. The molecule has 0 saturated carbocycles. The first kappa shape index (κ1) is 12.5. The van der Waals surface area contributed by atoms with Crippen LogP contribution in [0.4, 0.5) is 0 Å². The monoisotopic (exact) mass is 303 g/mol. The van der Waals surface area contributed by atoms with Gasteiger partial charge in [0.25, 0.3) is 0 Å². The zero-order valence-electron chi connectivity index (χ0n) is 9.64. The number of hydrogen-bond acceptors (Lipinski definition) is 3. The Bertz CT molecular complexity index is 643. The molecular formula is C13H10BrN3O.